The number of nitrogens with zero attached hydrogens (tertiary/aromatic N) is 2. The van der Waals surface area contributed by atoms with E-state index < -0.39 is 50.7 Å². The van der Waals surface area contributed by atoms with Crippen molar-refractivity contribution >= 4 is 58.2 Å². The van der Waals surface area contributed by atoms with Gasteiger partial charge in [-0.1, -0.05) is 0 Å². The summed E-state index contributed by atoms with van der Waals surface area (Å²) >= 11 is 0. The van der Waals surface area contributed by atoms with Gasteiger partial charge >= 0.3 is 0 Å². The van der Waals surface area contributed by atoms with E-state index in [1.54, 1.807) is 26.0 Å². The first kappa shape index (κ1) is 24.7. The van der Waals surface area contributed by atoms with Crippen LogP contribution in [0.4, 0.5) is 17.1 Å². The van der Waals surface area contributed by atoms with Gasteiger partial charge in [0.25, 0.3) is 30.4 Å². The summed E-state index contributed by atoms with van der Waals surface area (Å²) in [4.78, 5) is -2.69. The largest absolute Gasteiger partial charge is 0.399 e. The molecule has 3 rings (SSSR count). The first-order chi connectivity index (χ1) is 15.0. The number of rotatable bonds is 5. The first-order valence-corrected chi connectivity index (χ1v) is 13.1. The highest BCUT2D eigenvalue weighted by molar-refractivity contribution is 7.87. The molecule has 0 radical (unpaired) electrons. The predicted octanol–water partition coefficient (Wildman–Crippen LogP) is 3.19. The van der Waals surface area contributed by atoms with Crippen molar-refractivity contribution < 1.29 is 38.9 Å². The van der Waals surface area contributed by atoms with Gasteiger partial charge in [0.1, 0.15) is 15.5 Å². The number of nitrogens with two attached hydrogens (primary N) is 1. The molecule has 3 aromatic carbocycles. The van der Waals surface area contributed by atoms with Gasteiger partial charge in [0, 0.05) is 11.1 Å². The molecule has 0 aliphatic heterocycles. The molecule has 3 aromatic rings. The van der Waals surface area contributed by atoms with Crippen LogP contribution in [-0.4, -0.2) is 38.9 Å². The summed E-state index contributed by atoms with van der Waals surface area (Å²) in [5, 5.41) is 7.09. The SMILES string of the molecule is Cc1cc(N=Nc2cc3c(S(=O)(=O)O)cc(S(=O)(=O)O)cc3cc2S(=O)(=O)O)c(C)cc1N. The Morgan fingerprint density at radius 2 is 1.24 bits per heavy atom. The molecule has 176 valence electrons. The van der Waals surface area contributed by atoms with E-state index in [1.807, 2.05) is 0 Å². The maximum Gasteiger partial charge on any atom is 0.296 e. The Bertz CT molecular complexity index is 1660. The average molecular weight is 516 g/mol. The summed E-state index contributed by atoms with van der Waals surface area (Å²) in [5.74, 6) is 0. The molecule has 0 saturated heterocycles. The standard InChI is InChI=1S/C18H17N3O9S3/c1-9-4-15(10(2)3-14(9)19)20-21-16-8-13-11(6-18(16)33(28,29)30)5-12(31(22,23)24)7-17(13)32(25,26)27/h3-8H,19H2,1-2H3,(H,22,23,24)(H,25,26,27)(H,28,29,30). The van der Waals surface area contributed by atoms with E-state index in [0.29, 0.717) is 28.6 Å². The monoisotopic (exact) mass is 515 g/mol. The number of benzene rings is 3. The van der Waals surface area contributed by atoms with Crippen LogP contribution in [0.15, 0.2) is 61.3 Å². The summed E-state index contributed by atoms with van der Waals surface area (Å²) in [6, 6.07) is 6.07. The lowest BCUT2D eigenvalue weighted by atomic mass is 10.1. The normalized spacial score (nSPS) is 13.1. The van der Waals surface area contributed by atoms with Crippen LogP contribution in [0.5, 0.6) is 0 Å². The lowest BCUT2D eigenvalue weighted by Crippen LogP contribution is -2.05. The zero-order valence-electron chi connectivity index (χ0n) is 17.0. The zero-order valence-corrected chi connectivity index (χ0v) is 19.4. The Morgan fingerprint density at radius 1 is 0.667 bits per heavy atom. The summed E-state index contributed by atoms with van der Waals surface area (Å²) in [5.41, 5.74) is 7.36. The number of nitrogen functional groups attached to an aromatic ring is 1. The third-order valence-corrected chi connectivity index (χ3v) is 7.28. The Morgan fingerprint density at radius 3 is 1.79 bits per heavy atom. The smallest absolute Gasteiger partial charge is 0.296 e. The molecule has 0 aliphatic rings. The van der Waals surface area contributed by atoms with Crippen molar-refractivity contribution in [2.45, 2.75) is 28.5 Å². The van der Waals surface area contributed by atoms with Gasteiger partial charge in [-0.05, 0) is 66.8 Å². The minimum Gasteiger partial charge on any atom is -0.399 e. The summed E-state index contributed by atoms with van der Waals surface area (Å²) in [6.07, 6.45) is 0. The van der Waals surface area contributed by atoms with Gasteiger partial charge in [-0.15, -0.1) is 5.11 Å². The van der Waals surface area contributed by atoms with Crippen molar-refractivity contribution in [1.82, 2.24) is 0 Å². The fraction of sp³-hybridized carbons (Fsp3) is 0.111. The van der Waals surface area contributed by atoms with Gasteiger partial charge in [0.2, 0.25) is 0 Å². The number of hydrogen-bond acceptors (Lipinski definition) is 9. The van der Waals surface area contributed by atoms with Crippen LogP contribution in [-0.2, 0) is 30.4 Å². The van der Waals surface area contributed by atoms with E-state index in [-0.39, 0.29) is 10.8 Å². The highest BCUT2D eigenvalue weighted by Crippen LogP contribution is 2.36. The fourth-order valence-corrected chi connectivity index (χ4v) is 4.99. The van der Waals surface area contributed by atoms with Gasteiger partial charge in [-0.3, -0.25) is 13.7 Å². The van der Waals surface area contributed by atoms with E-state index in [2.05, 4.69) is 10.2 Å². The number of anilines is 1. The minimum absolute atomic E-state index is 0.305. The number of fused-ring (bicyclic) bond motifs is 1. The van der Waals surface area contributed by atoms with Crippen molar-refractivity contribution in [3.05, 3.63) is 47.5 Å². The Hall–Kier alpha value is -2.95. The molecule has 15 heteroatoms. The van der Waals surface area contributed by atoms with E-state index in [9.17, 15) is 38.9 Å². The van der Waals surface area contributed by atoms with E-state index in [4.69, 9.17) is 5.73 Å². The molecule has 0 aromatic heterocycles. The van der Waals surface area contributed by atoms with E-state index in [0.717, 1.165) is 18.2 Å². The average Bonchev–Trinajstić information content (AvgIpc) is 2.66. The van der Waals surface area contributed by atoms with Crippen LogP contribution < -0.4 is 5.73 Å². The van der Waals surface area contributed by atoms with Crippen molar-refractivity contribution in [2.24, 2.45) is 10.2 Å². The van der Waals surface area contributed by atoms with Gasteiger partial charge in [0.15, 0.2) is 0 Å². The Labute approximate surface area is 189 Å². The minimum atomic E-state index is -5.04. The van der Waals surface area contributed by atoms with Gasteiger partial charge in [-0.2, -0.15) is 30.4 Å². The molecular weight excluding hydrogens is 498 g/mol. The van der Waals surface area contributed by atoms with Crippen LogP contribution in [0, 0.1) is 13.8 Å². The molecule has 33 heavy (non-hydrogen) atoms. The summed E-state index contributed by atoms with van der Waals surface area (Å²) in [7, 11) is -14.9. The topological polar surface area (TPSA) is 214 Å². The van der Waals surface area contributed by atoms with Crippen molar-refractivity contribution in [3.63, 3.8) is 0 Å². The highest BCUT2D eigenvalue weighted by atomic mass is 32.2. The Balaban J connectivity index is 2.39. The lowest BCUT2D eigenvalue weighted by Gasteiger charge is -2.10. The van der Waals surface area contributed by atoms with Crippen LogP contribution in [0.3, 0.4) is 0 Å². The maximum atomic E-state index is 11.9. The molecule has 0 spiro atoms. The number of aryl methyl sites for hydroxylation is 2. The Kier molecular flexibility index (Phi) is 6.08. The molecule has 0 unspecified atom stereocenters. The van der Waals surface area contributed by atoms with Crippen molar-refractivity contribution in [2.75, 3.05) is 5.73 Å². The van der Waals surface area contributed by atoms with E-state index in [1.165, 1.54) is 0 Å². The quantitative estimate of drug-likeness (QED) is 0.221. The summed E-state index contributed by atoms with van der Waals surface area (Å²) < 4.78 is 99.1. The summed E-state index contributed by atoms with van der Waals surface area (Å²) in [6.45, 7) is 3.38. The van der Waals surface area contributed by atoms with Crippen molar-refractivity contribution in [1.29, 1.82) is 0 Å². The third kappa shape index (κ3) is 5.18. The third-order valence-electron chi connectivity index (χ3n) is 4.67. The number of hydrogen-bond donors (Lipinski definition) is 4. The van der Waals surface area contributed by atoms with Gasteiger partial charge in [-0.25, -0.2) is 0 Å². The predicted molar refractivity (Wildman–Crippen MR) is 118 cm³/mol. The molecule has 0 saturated carbocycles. The van der Waals surface area contributed by atoms with E-state index >= 15 is 0 Å². The highest BCUT2D eigenvalue weighted by Gasteiger charge is 2.24. The molecule has 12 nitrogen and oxygen atoms in total. The molecule has 0 fully saturated rings. The second kappa shape index (κ2) is 8.12. The second-order valence-corrected chi connectivity index (χ2v) is 11.3. The zero-order chi connectivity index (χ0) is 24.9. The molecule has 0 amide bonds. The molecule has 0 heterocycles. The molecule has 0 atom stereocenters. The van der Waals surface area contributed by atoms with Gasteiger partial charge < -0.3 is 5.73 Å². The molecular formula is C18H17N3O9S3. The molecule has 0 bridgehead atoms. The van der Waals surface area contributed by atoms with Crippen LogP contribution >= 0.6 is 0 Å². The van der Waals surface area contributed by atoms with Crippen molar-refractivity contribution in [3.8, 4) is 0 Å². The van der Waals surface area contributed by atoms with Crippen LogP contribution in [0.2, 0.25) is 0 Å². The molecule has 0 aliphatic carbocycles. The van der Waals surface area contributed by atoms with Gasteiger partial charge in [0.05, 0.1) is 10.6 Å². The molecule has 5 N–H and O–H groups in total. The lowest BCUT2D eigenvalue weighted by molar-refractivity contribution is 0.480. The second-order valence-electron chi connectivity index (χ2n) is 7.08. The first-order valence-electron chi connectivity index (χ1n) is 8.81. The van der Waals surface area contributed by atoms with Crippen LogP contribution in [0.1, 0.15) is 11.1 Å². The van der Waals surface area contributed by atoms with Crippen LogP contribution in [0.25, 0.3) is 10.8 Å². The number of azo groups is 1. The fourth-order valence-electron chi connectivity index (χ4n) is 3.00. The maximum absolute atomic E-state index is 11.9.